The number of benzene rings is 1. The van der Waals surface area contributed by atoms with Gasteiger partial charge in [-0.1, -0.05) is 18.2 Å². The molecular formula is C12H14INO3S. The lowest BCUT2D eigenvalue weighted by molar-refractivity contribution is -0.119. The summed E-state index contributed by atoms with van der Waals surface area (Å²) in [6, 6.07) is 7.89. The van der Waals surface area contributed by atoms with Gasteiger partial charge in [0.2, 0.25) is 0 Å². The Bertz CT molecular complexity index is 530. The Balaban J connectivity index is 2.12. The van der Waals surface area contributed by atoms with Crippen molar-refractivity contribution in [1.82, 2.24) is 3.11 Å². The van der Waals surface area contributed by atoms with Crippen molar-refractivity contribution in [1.29, 1.82) is 0 Å². The van der Waals surface area contributed by atoms with Crippen LogP contribution in [-0.4, -0.2) is 35.7 Å². The highest BCUT2D eigenvalue weighted by Crippen LogP contribution is 2.23. The van der Waals surface area contributed by atoms with Gasteiger partial charge in [0.15, 0.2) is 15.6 Å². The molecule has 1 aromatic carbocycles. The molecule has 1 heterocycles. The van der Waals surface area contributed by atoms with Crippen LogP contribution in [-0.2, 0) is 14.6 Å². The Hall–Kier alpha value is -0.470. The predicted octanol–water partition coefficient (Wildman–Crippen LogP) is 1.84. The molecule has 18 heavy (non-hydrogen) atoms. The Morgan fingerprint density at radius 1 is 1.33 bits per heavy atom. The van der Waals surface area contributed by atoms with E-state index in [4.69, 9.17) is 0 Å². The van der Waals surface area contributed by atoms with E-state index in [2.05, 4.69) is 22.9 Å². The van der Waals surface area contributed by atoms with Crippen LogP contribution in [0.15, 0.2) is 35.2 Å². The number of sulfone groups is 1. The highest BCUT2D eigenvalue weighted by Gasteiger charge is 2.32. The second kappa shape index (κ2) is 5.66. The number of nitrogens with zero attached hydrogens (tertiary/aromatic N) is 1. The quantitative estimate of drug-likeness (QED) is 0.592. The number of ketones is 1. The van der Waals surface area contributed by atoms with E-state index >= 15 is 0 Å². The summed E-state index contributed by atoms with van der Waals surface area (Å²) in [6.45, 7) is 0.850. The van der Waals surface area contributed by atoms with Crippen LogP contribution < -0.4 is 0 Å². The standard InChI is InChI=1S/C12H14INO3S/c13-14-8-4-7-11(14)12(15)9-18(16,17)10-5-2-1-3-6-10/h1-3,5-6,11H,4,7-9H2/t11-/m0/s1. The summed E-state index contributed by atoms with van der Waals surface area (Å²) in [7, 11) is -3.50. The fourth-order valence-electron chi connectivity index (χ4n) is 2.04. The molecule has 0 spiro atoms. The minimum atomic E-state index is -3.50. The number of rotatable bonds is 4. The summed E-state index contributed by atoms with van der Waals surface area (Å²) in [5.74, 6) is -0.605. The summed E-state index contributed by atoms with van der Waals surface area (Å²) in [4.78, 5) is 12.2. The van der Waals surface area contributed by atoms with E-state index in [1.165, 1.54) is 12.1 Å². The van der Waals surface area contributed by atoms with Gasteiger partial charge in [-0.05, 0) is 25.0 Å². The molecule has 98 valence electrons. The van der Waals surface area contributed by atoms with Gasteiger partial charge in [0.25, 0.3) is 0 Å². The van der Waals surface area contributed by atoms with Crippen molar-refractivity contribution in [3.8, 4) is 0 Å². The highest BCUT2D eigenvalue weighted by molar-refractivity contribution is 14.1. The lowest BCUT2D eigenvalue weighted by Crippen LogP contribution is -2.33. The van der Waals surface area contributed by atoms with Crippen molar-refractivity contribution >= 4 is 38.5 Å². The number of Topliss-reactive ketones (excluding diaryl/α,β-unsaturated/α-hetero) is 1. The Labute approximate surface area is 121 Å². The number of carbonyl (C=O) groups excluding carboxylic acids is 1. The molecule has 1 fully saturated rings. The summed E-state index contributed by atoms with van der Waals surface area (Å²) in [6.07, 6.45) is 1.71. The van der Waals surface area contributed by atoms with Crippen LogP contribution in [0.25, 0.3) is 0 Å². The zero-order chi connectivity index (χ0) is 13.2. The summed E-state index contributed by atoms with van der Waals surface area (Å²) >= 11 is 2.09. The van der Waals surface area contributed by atoms with Gasteiger partial charge >= 0.3 is 0 Å². The van der Waals surface area contributed by atoms with Gasteiger partial charge in [-0.25, -0.2) is 11.5 Å². The van der Waals surface area contributed by atoms with Gasteiger partial charge < -0.3 is 0 Å². The molecule has 4 nitrogen and oxygen atoms in total. The minimum Gasteiger partial charge on any atom is -0.297 e. The molecule has 0 saturated carbocycles. The Morgan fingerprint density at radius 3 is 2.56 bits per heavy atom. The van der Waals surface area contributed by atoms with Crippen molar-refractivity contribution in [2.75, 3.05) is 12.3 Å². The second-order valence-corrected chi connectivity index (χ2v) is 7.55. The molecular weight excluding hydrogens is 365 g/mol. The number of halogens is 1. The van der Waals surface area contributed by atoms with E-state index in [0.717, 1.165) is 19.4 Å². The smallest absolute Gasteiger partial charge is 0.185 e. The first-order valence-electron chi connectivity index (χ1n) is 5.73. The van der Waals surface area contributed by atoms with E-state index in [9.17, 15) is 13.2 Å². The molecule has 6 heteroatoms. The van der Waals surface area contributed by atoms with Crippen molar-refractivity contribution in [3.05, 3.63) is 30.3 Å². The molecule has 2 rings (SSSR count). The maximum Gasteiger partial charge on any atom is 0.185 e. The molecule has 0 unspecified atom stereocenters. The summed E-state index contributed by atoms with van der Waals surface area (Å²) in [5.41, 5.74) is 0. The second-order valence-electron chi connectivity index (χ2n) is 4.32. The predicted molar refractivity (Wildman–Crippen MR) is 77.2 cm³/mol. The molecule has 0 N–H and O–H groups in total. The van der Waals surface area contributed by atoms with Crippen LogP contribution in [0.4, 0.5) is 0 Å². The van der Waals surface area contributed by atoms with Gasteiger partial charge in [0.05, 0.1) is 10.9 Å². The molecule has 1 aromatic rings. The molecule has 0 aromatic heterocycles. The molecule has 0 radical (unpaired) electrons. The van der Waals surface area contributed by atoms with Crippen molar-refractivity contribution in [2.45, 2.75) is 23.8 Å². The van der Waals surface area contributed by atoms with Crippen LogP contribution >= 0.6 is 22.9 Å². The minimum absolute atomic E-state index is 0.203. The lowest BCUT2D eigenvalue weighted by atomic mass is 10.2. The Kier molecular flexibility index (Phi) is 4.39. The van der Waals surface area contributed by atoms with Crippen molar-refractivity contribution < 1.29 is 13.2 Å². The fraction of sp³-hybridized carbons (Fsp3) is 0.417. The lowest BCUT2D eigenvalue weighted by Gasteiger charge is -2.15. The zero-order valence-electron chi connectivity index (χ0n) is 9.75. The topological polar surface area (TPSA) is 54.5 Å². The third-order valence-corrected chi connectivity index (χ3v) is 5.80. The average molecular weight is 379 g/mol. The summed E-state index contributed by atoms with van der Waals surface area (Å²) in [5, 5.41) is 0. The number of hydrogen-bond acceptors (Lipinski definition) is 4. The first-order valence-corrected chi connectivity index (χ1v) is 8.35. The largest absolute Gasteiger partial charge is 0.297 e. The van der Waals surface area contributed by atoms with Crippen LogP contribution in [0.1, 0.15) is 12.8 Å². The number of carbonyl (C=O) groups is 1. The van der Waals surface area contributed by atoms with Gasteiger partial charge in [-0.3, -0.25) is 4.79 Å². The van der Waals surface area contributed by atoms with Crippen LogP contribution in [0.5, 0.6) is 0 Å². The first-order chi connectivity index (χ1) is 8.50. The maximum absolute atomic E-state index is 12.1. The van der Waals surface area contributed by atoms with E-state index in [0.29, 0.717) is 0 Å². The van der Waals surface area contributed by atoms with Gasteiger partial charge in [-0.15, -0.1) is 0 Å². The molecule has 1 aliphatic rings. The third-order valence-electron chi connectivity index (χ3n) is 2.99. The van der Waals surface area contributed by atoms with E-state index < -0.39 is 15.6 Å². The van der Waals surface area contributed by atoms with Gasteiger partial charge in [0.1, 0.15) is 5.75 Å². The molecule has 1 aliphatic heterocycles. The fourth-order valence-corrected chi connectivity index (χ4v) is 4.28. The molecule has 1 saturated heterocycles. The highest BCUT2D eigenvalue weighted by atomic mass is 127. The van der Waals surface area contributed by atoms with Gasteiger partial charge in [0, 0.05) is 29.4 Å². The van der Waals surface area contributed by atoms with E-state index in [-0.39, 0.29) is 16.7 Å². The van der Waals surface area contributed by atoms with Gasteiger partial charge in [-0.2, -0.15) is 0 Å². The Morgan fingerprint density at radius 2 is 2.00 bits per heavy atom. The summed E-state index contributed by atoms with van der Waals surface area (Å²) < 4.78 is 26.0. The maximum atomic E-state index is 12.1. The first kappa shape index (κ1) is 14.0. The van der Waals surface area contributed by atoms with Crippen molar-refractivity contribution in [2.24, 2.45) is 0 Å². The molecule has 0 aliphatic carbocycles. The normalized spacial score (nSPS) is 21.1. The monoisotopic (exact) mass is 379 g/mol. The van der Waals surface area contributed by atoms with Crippen molar-refractivity contribution in [3.63, 3.8) is 0 Å². The van der Waals surface area contributed by atoms with E-state index in [1.54, 1.807) is 18.2 Å². The molecule has 1 atom stereocenters. The van der Waals surface area contributed by atoms with E-state index in [1.807, 2.05) is 3.11 Å². The molecule has 0 bridgehead atoms. The van der Waals surface area contributed by atoms with Crippen LogP contribution in [0.2, 0.25) is 0 Å². The molecule has 0 amide bonds. The van der Waals surface area contributed by atoms with Crippen LogP contribution in [0, 0.1) is 0 Å². The third kappa shape index (κ3) is 3.10. The average Bonchev–Trinajstić information content (AvgIpc) is 2.76. The SMILES string of the molecule is O=C(CS(=O)(=O)c1ccccc1)[C@@H]1CCCN1I. The zero-order valence-corrected chi connectivity index (χ0v) is 12.7. The number of hydrogen-bond donors (Lipinski definition) is 0. The van der Waals surface area contributed by atoms with Crippen LogP contribution in [0.3, 0.4) is 0 Å².